The summed E-state index contributed by atoms with van der Waals surface area (Å²) in [4.78, 5) is 65.3. The van der Waals surface area contributed by atoms with Gasteiger partial charge in [0.05, 0.1) is 54.9 Å². The maximum absolute atomic E-state index is 13.4. The summed E-state index contributed by atoms with van der Waals surface area (Å²) in [6.45, 7) is 8.48. The Morgan fingerprint density at radius 1 is 1.10 bits per heavy atom. The highest BCUT2D eigenvalue weighted by molar-refractivity contribution is 7.16. The van der Waals surface area contributed by atoms with Crippen molar-refractivity contribution in [1.82, 2.24) is 19.2 Å². The first-order valence-corrected chi connectivity index (χ1v) is 19.0. The van der Waals surface area contributed by atoms with Gasteiger partial charge < -0.3 is 39.7 Å². The SMILES string of the molecule is CCn1nc(C)cc1C(=O)/N=c1\sc2cc(C(=O)OC)cc(OC)c2n1C/C=C/CNc1c(OCCCN2CCOCC2)cc(C(N)=O)cc1[N+](=O)[O-].O=C(O)C(F)(F)F. The number of ether oxygens (including phenoxy) is 4. The van der Waals surface area contributed by atoms with E-state index in [1.54, 1.807) is 46.5 Å². The molecule has 324 valence electrons. The molecule has 1 aliphatic rings. The number of aromatic nitrogens is 3. The molecule has 4 aromatic rings. The fourth-order valence-electron chi connectivity index (χ4n) is 5.82. The van der Waals surface area contributed by atoms with Crippen molar-refractivity contribution in [2.24, 2.45) is 10.7 Å². The lowest BCUT2D eigenvalue weighted by Gasteiger charge is -2.26. The van der Waals surface area contributed by atoms with Gasteiger partial charge in [-0.2, -0.15) is 23.3 Å². The van der Waals surface area contributed by atoms with Gasteiger partial charge >= 0.3 is 18.1 Å². The smallest absolute Gasteiger partial charge is 0.490 e. The number of aryl methyl sites for hydroxylation is 2. The van der Waals surface area contributed by atoms with Crippen molar-refractivity contribution in [2.75, 3.05) is 65.5 Å². The molecule has 0 saturated carbocycles. The summed E-state index contributed by atoms with van der Waals surface area (Å²) in [5.41, 5.74) is 7.06. The Bertz CT molecular complexity index is 2320. The number of hydrogen-bond donors (Lipinski definition) is 3. The largest absolute Gasteiger partial charge is 0.494 e. The van der Waals surface area contributed by atoms with Crippen LogP contribution in [-0.4, -0.2) is 119 Å². The number of anilines is 1. The highest BCUT2D eigenvalue weighted by atomic mass is 32.1. The van der Waals surface area contributed by atoms with Crippen molar-refractivity contribution in [3.63, 3.8) is 0 Å². The minimum absolute atomic E-state index is 0.0472. The van der Waals surface area contributed by atoms with Crippen molar-refractivity contribution >= 4 is 56.7 Å². The van der Waals surface area contributed by atoms with Crippen molar-refractivity contribution in [3.8, 4) is 11.5 Å². The number of allylic oxidation sites excluding steroid dienone is 1. The first-order valence-electron chi connectivity index (χ1n) is 18.2. The molecule has 1 aliphatic heterocycles. The number of alkyl halides is 3. The van der Waals surface area contributed by atoms with Crippen molar-refractivity contribution in [2.45, 2.75) is 39.5 Å². The molecule has 19 nitrogen and oxygen atoms in total. The first kappa shape index (κ1) is 46.4. The molecule has 0 aliphatic carbocycles. The molecule has 1 fully saturated rings. The number of amides is 2. The molecule has 0 spiro atoms. The van der Waals surface area contributed by atoms with E-state index >= 15 is 0 Å². The number of carboxylic acid groups (broad SMARTS) is 1. The number of hydrogen-bond acceptors (Lipinski definition) is 14. The summed E-state index contributed by atoms with van der Waals surface area (Å²) < 4.78 is 57.7. The fourth-order valence-corrected chi connectivity index (χ4v) is 6.91. The van der Waals surface area contributed by atoms with Gasteiger partial charge in [0.25, 0.3) is 11.6 Å². The topological polar surface area (TPSA) is 245 Å². The molecular formula is C37H43F3N8O11S. The van der Waals surface area contributed by atoms with E-state index in [0.29, 0.717) is 58.3 Å². The van der Waals surface area contributed by atoms with Gasteiger partial charge in [0.2, 0.25) is 5.91 Å². The summed E-state index contributed by atoms with van der Waals surface area (Å²) in [5.74, 6) is -4.11. The second kappa shape index (κ2) is 21.1. The molecule has 23 heteroatoms. The molecule has 4 N–H and O–H groups in total. The highest BCUT2D eigenvalue weighted by Crippen LogP contribution is 2.36. The molecule has 0 unspecified atom stereocenters. The van der Waals surface area contributed by atoms with Crippen molar-refractivity contribution < 1.29 is 61.3 Å². The number of fused-ring (bicyclic) bond motifs is 1. The maximum Gasteiger partial charge on any atom is 0.490 e. The van der Waals surface area contributed by atoms with E-state index < -0.39 is 34.9 Å². The average molecular weight is 865 g/mol. The number of halogens is 3. The van der Waals surface area contributed by atoms with E-state index in [0.717, 1.165) is 25.7 Å². The number of nitrogens with two attached hydrogens (primary N) is 1. The van der Waals surface area contributed by atoms with Gasteiger partial charge in [-0.15, -0.1) is 0 Å². The number of morpholine rings is 1. The zero-order chi connectivity index (χ0) is 44.1. The summed E-state index contributed by atoms with van der Waals surface area (Å²) >= 11 is 1.20. The third-order valence-electron chi connectivity index (χ3n) is 8.64. The summed E-state index contributed by atoms with van der Waals surface area (Å²) in [6, 6.07) is 7.40. The van der Waals surface area contributed by atoms with Gasteiger partial charge in [-0.3, -0.25) is 29.3 Å². The predicted octanol–water partition coefficient (Wildman–Crippen LogP) is 4.17. The van der Waals surface area contributed by atoms with E-state index in [-0.39, 0.29) is 47.9 Å². The number of rotatable bonds is 16. The predicted molar refractivity (Wildman–Crippen MR) is 211 cm³/mol. The van der Waals surface area contributed by atoms with E-state index in [1.807, 2.05) is 6.92 Å². The summed E-state index contributed by atoms with van der Waals surface area (Å²) in [7, 11) is 2.76. The van der Waals surface area contributed by atoms with Crippen LogP contribution in [0.3, 0.4) is 0 Å². The van der Waals surface area contributed by atoms with Crippen LogP contribution in [0.25, 0.3) is 10.2 Å². The molecule has 0 radical (unpaired) electrons. The lowest BCUT2D eigenvalue weighted by Crippen LogP contribution is -2.37. The number of esters is 1. The van der Waals surface area contributed by atoms with Crippen LogP contribution < -0.4 is 25.3 Å². The van der Waals surface area contributed by atoms with Crippen LogP contribution in [0.2, 0.25) is 0 Å². The van der Waals surface area contributed by atoms with Crippen LogP contribution in [0, 0.1) is 17.0 Å². The normalized spacial score (nSPS) is 13.5. The third-order valence-corrected chi connectivity index (χ3v) is 9.66. The second-order valence-corrected chi connectivity index (χ2v) is 13.7. The quantitative estimate of drug-likeness (QED) is 0.0471. The minimum atomic E-state index is -5.08. The van der Waals surface area contributed by atoms with Gasteiger partial charge in [0, 0.05) is 50.9 Å². The van der Waals surface area contributed by atoms with Crippen LogP contribution in [0.5, 0.6) is 11.5 Å². The number of primary amides is 1. The number of nitro groups is 1. The van der Waals surface area contributed by atoms with E-state index in [9.17, 15) is 37.7 Å². The lowest BCUT2D eigenvalue weighted by molar-refractivity contribution is -0.384. The molecule has 3 heterocycles. The second-order valence-electron chi connectivity index (χ2n) is 12.7. The zero-order valence-electron chi connectivity index (χ0n) is 32.9. The highest BCUT2D eigenvalue weighted by Gasteiger charge is 2.38. The first-order chi connectivity index (χ1) is 28.5. The number of aliphatic carboxylic acids is 1. The number of carbonyl (C=O) groups is 4. The van der Waals surface area contributed by atoms with Crippen LogP contribution in [0.4, 0.5) is 24.5 Å². The molecule has 5 rings (SSSR count). The third kappa shape index (κ3) is 12.1. The molecule has 2 aromatic carbocycles. The summed E-state index contributed by atoms with van der Waals surface area (Å²) in [6.07, 6.45) is -0.884. The number of nitrogens with one attached hydrogen (secondary N) is 1. The molecule has 2 aromatic heterocycles. The Labute approximate surface area is 343 Å². The average Bonchev–Trinajstić information content (AvgIpc) is 3.77. The number of benzene rings is 2. The van der Waals surface area contributed by atoms with E-state index in [4.69, 9.17) is 34.6 Å². The molecule has 1 saturated heterocycles. The summed E-state index contributed by atoms with van der Waals surface area (Å²) in [5, 5.41) is 26.7. The van der Waals surface area contributed by atoms with Crippen molar-refractivity contribution in [1.29, 1.82) is 0 Å². The number of carbonyl (C=O) groups excluding carboxylic acids is 3. The fraction of sp³-hybridized carbons (Fsp3) is 0.405. The maximum atomic E-state index is 13.4. The minimum Gasteiger partial charge on any atom is -0.494 e. The van der Waals surface area contributed by atoms with Crippen LogP contribution in [0.1, 0.15) is 50.2 Å². The van der Waals surface area contributed by atoms with Crippen LogP contribution in [-0.2, 0) is 27.4 Å². The Balaban J connectivity index is 0.00000104. The zero-order valence-corrected chi connectivity index (χ0v) is 33.8. The molecule has 0 atom stereocenters. The van der Waals surface area contributed by atoms with Crippen LogP contribution >= 0.6 is 11.3 Å². The number of carboxylic acids is 1. The van der Waals surface area contributed by atoms with Gasteiger partial charge in [0.1, 0.15) is 22.7 Å². The van der Waals surface area contributed by atoms with E-state index in [1.165, 1.54) is 31.6 Å². The molecule has 60 heavy (non-hydrogen) atoms. The standard InChI is InChI=1S/C35H42N8O9S.C2HF3O2/c1-5-42-26(17-22(2)39-42)33(45)38-35-41(31-28(49-3)20-24(34(46)50-4)21-29(31)53-35)11-7-6-9-37-30-25(43(47)48)18-23(32(36)44)19-27(30)52-14-8-10-40-12-15-51-16-13-40;3-2(4,5)1(6)7/h6-7,17-21,37H,5,8-16H2,1-4H3,(H2,36,44);(H,6,7)/b7-6+,38-35-;. The van der Waals surface area contributed by atoms with Gasteiger partial charge in [-0.1, -0.05) is 23.5 Å². The Morgan fingerprint density at radius 2 is 1.78 bits per heavy atom. The van der Waals surface area contributed by atoms with E-state index in [2.05, 4.69) is 20.3 Å². The van der Waals surface area contributed by atoms with Gasteiger partial charge in [-0.05, 0) is 44.5 Å². The van der Waals surface area contributed by atoms with Crippen LogP contribution in [0.15, 0.2) is 47.5 Å². The number of nitro benzene ring substituents is 1. The van der Waals surface area contributed by atoms with Crippen molar-refractivity contribution in [3.05, 3.63) is 79.9 Å². The number of nitrogens with zero attached hydrogens (tertiary/aromatic N) is 6. The molecule has 2 amide bonds. The molecule has 0 bridgehead atoms. The molecular weight excluding hydrogens is 822 g/mol. The Kier molecular flexibility index (Phi) is 16.3. The number of thiazole rings is 1. The van der Waals surface area contributed by atoms with Gasteiger partial charge in [-0.25, -0.2) is 9.59 Å². The lowest BCUT2D eigenvalue weighted by atomic mass is 10.1. The van der Waals surface area contributed by atoms with Gasteiger partial charge in [0.15, 0.2) is 10.5 Å². The monoisotopic (exact) mass is 864 g/mol. The number of methoxy groups -OCH3 is 2. The Hall–Kier alpha value is -6.33. The Morgan fingerprint density at radius 3 is 2.38 bits per heavy atom.